The summed E-state index contributed by atoms with van der Waals surface area (Å²) in [5, 5.41) is 12.5. The Morgan fingerprint density at radius 2 is 1.97 bits per heavy atom. The summed E-state index contributed by atoms with van der Waals surface area (Å²) < 4.78 is 27.3. The van der Waals surface area contributed by atoms with Crippen molar-refractivity contribution < 1.29 is 23.3 Å². The van der Waals surface area contributed by atoms with E-state index in [2.05, 4.69) is 4.98 Å². The predicted molar refractivity (Wildman–Crippen MR) is 113 cm³/mol. The largest absolute Gasteiger partial charge is 0.289 e. The van der Waals surface area contributed by atoms with Gasteiger partial charge in [0.1, 0.15) is 16.7 Å². The molecular weight excluding hydrogens is 452 g/mol. The lowest BCUT2D eigenvalue weighted by atomic mass is 10.1. The normalized spacial score (nSPS) is 11.0. The Hall–Kier alpha value is -3.50. The van der Waals surface area contributed by atoms with Crippen molar-refractivity contribution >= 4 is 57.2 Å². The summed E-state index contributed by atoms with van der Waals surface area (Å²) in [7, 11) is 0. The van der Waals surface area contributed by atoms with Crippen molar-refractivity contribution in [2.75, 3.05) is 4.90 Å². The number of carbonyl (C=O) groups is 2. The maximum absolute atomic E-state index is 14.1. The maximum Gasteiger partial charge on any atom is 0.288 e. The van der Waals surface area contributed by atoms with Gasteiger partial charge in [0.05, 0.1) is 16.3 Å². The van der Waals surface area contributed by atoms with Crippen LogP contribution >= 0.6 is 22.9 Å². The van der Waals surface area contributed by atoms with Gasteiger partial charge in [-0.3, -0.25) is 24.6 Å². The second kappa shape index (κ2) is 9.11. The van der Waals surface area contributed by atoms with E-state index < -0.39 is 33.9 Å². The molecule has 0 spiro atoms. The summed E-state index contributed by atoms with van der Waals surface area (Å²) in [6.07, 6.45) is 2.50. The molecule has 0 N–H and O–H groups in total. The molecule has 3 rings (SSSR count). The van der Waals surface area contributed by atoms with Gasteiger partial charge in [-0.25, -0.2) is 13.8 Å². The molecule has 1 amide bonds. The third-order valence-electron chi connectivity index (χ3n) is 4.00. The molecule has 0 saturated carbocycles. The Morgan fingerprint density at radius 1 is 1.23 bits per heavy atom. The number of carbonyl (C=O) groups excluding carboxylic acids is 2. The lowest BCUT2D eigenvalue weighted by molar-refractivity contribution is -0.384. The minimum Gasteiger partial charge on any atom is -0.289 e. The zero-order valence-electron chi connectivity index (χ0n) is 15.7. The summed E-state index contributed by atoms with van der Waals surface area (Å²) >= 11 is 6.75. The highest BCUT2D eigenvalue weighted by molar-refractivity contribution is 7.14. The van der Waals surface area contributed by atoms with E-state index in [1.807, 2.05) is 0 Å². The van der Waals surface area contributed by atoms with Crippen molar-refractivity contribution in [3.05, 3.63) is 85.9 Å². The number of thiazole rings is 1. The minimum atomic E-state index is -0.929. The molecule has 0 aliphatic rings. The first-order valence-corrected chi connectivity index (χ1v) is 9.80. The lowest BCUT2D eigenvalue weighted by Crippen LogP contribution is -2.23. The van der Waals surface area contributed by atoms with Crippen molar-refractivity contribution in [3.63, 3.8) is 0 Å². The van der Waals surface area contributed by atoms with E-state index in [1.54, 1.807) is 0 Å². The fraction of sp³-hybridized carbons (Fsp3) is 0.0500. The smallest absolute Gasteiger partial charge is 0.288 e. The molecular formula is C20H12ClF2N3O4S. The van der Waals surface area contributed by atoms with E-state index in [9.17, 15) is 28.5 Å². The zero-order valence-corrected chi connectivity index (χ0v) is 17.3. The van der Waals surface area contributed by atoms with Crippen LogP contribution in [0.3, 0.4) is 0 Å². The molecule has 11 heteroatoms. The minimum absolute atomic E-state index is 0.0570. The topological polar surface area (TPSA) is 93.4 Å². The van der Waals surface area contributed by atoms with Crippen LogP contribution in [0.15, 0.2) is 47.9 Å². The van der Waals surface area contributed by atoms with Gasteiger partial charge in [-0.15, -0.1) is 11.3 Å². The molecule has 0 fully saturated rings. The highest BCUT2D eigenvalue weighted by Gasteiger charge is 2.21. The Morgan fingerprint density at radius 3 is 2.61 bits per heavy atom. The van der Waals surface area contributed by atoms with E-state index in [-0.39, 0.29) is 21.4 Å². The molecule has 1 aromatic heterocycles. The Balaban J connectivity index is 1.85. The van der Waals surface area contributed by atoms with Gasteiger partial charge in [0.2, 0.25) is 5.91 Å². The first-order chi connectivity index (χ1) is 14.7. The Kier molecular flexibility index (Phi) is 6.52. The van der Waals surface area contributed by atoms with Crippen LogP contribution in [0.25, 0.3) is 6.08 Å². The van der Waals surface area contributed by atoms with Crippen LogP contribution in [0, 0.1) is 21.7 Å². The van der Waals surface area contributed by atoms with Gasteiger partial charge in [-0.05, 0) is 36.4 Å². The first-order valence-electron chi connectivity index (χ1n) is 8.55. The lowest BCUT2D eigenvalue weighted by Gasteiger charge is -2.18. The highest BCUT2D eigenvalue weighted by Crippen LogP contribution is 2.31. The van der Waals surface area contributed by atoms with Crippen LogP contribution in [0.1, 0.15) is 23.0 Å². The molecule has 0 bridgehead atoms. The summed E-state index contributed by atoms with van der Waals surface area (Å²) in [6, 6.07) is 6.47. The highest BCUT2D eigenvalue weighted by atomic mass is 35.5. The van der Waals surface area contributed by atoms with Gasteiger partial charge in [-0.2, -0.15) is 0 Å². The molecule has 0 radical (unpaired) electrons. The van der Waals surface area contributed by atoms with Crippen molar-refractivity contribution in [1.82, 2.24) is 4.98 Å². The number of hydrogen-bond acceptors (Lipinski definition) is 6. The van der Waals surface area contributed by atoms with Crippen molar-refractivity contribution in [3.8, 4) is 0 Å². The van der Waals surface area contributed by atoms with Crippen LogP contribution in [0.4, 0.5) is 25.3 Å². The summed E-state index contributed by atoms with van der Waals surface area (Å²) in [6.45, 7) is 1.21. The number of benzene rings is 2. The molecule has 7 nitrogen and oxygen atoms in total. The summed E-state index contributed by atoms with van der Waals surface area (Å²) in [4.78, 5) is 39.8. The number of amides is 1. The van der Waals surface area contributed by atoms with Crippen LogP contribution < -0.4 is 4.90 Å². The van der Waals surface area contributed by atoms with Crippen molar-refractivity contribution in [1.29, 1.82) is 0 Å². The van der Waals surface area contributed by atoms with Crippen LogP contribution in [-0.4, -0.2) is 21.6 Å². The molecule has 3 aromatic rings. The number of aromatic nitrogens is 1. The standard InChI is InChI=1S/C20H12ClF2N3O4S/c1-11(27)25(17-6-3-13(22)9-16(17)23)20-24-14(10-31-20)4-7-19(28)12-2-5-15(21)18(8-12)26(29)30/h2-10H,1H3/b7-4+. The van der Waals surface area contributed by atoms with E-state index in [4.69, 9.17) is 11.6 Å². The van der Waals surface area contributed by atoms with Crippen molar-refractivity contribution in [2.45, 2.75) is 6.92 Å². The van der Waals surface area contributed by atoms with Gasteiger partial charge in [0.15, 0.2) is 10.9 Å². The fourth-order valence-electron chi connectivity index (χ4n) is 2.59. The Bertz CT molecular complexity index is 1230. The third kappa shape index (κ3) is 4.98. The molecule has 0 unspecified atom stereocenters. The van der Waals surface area contributed by atoms with E-state index in [1.165, 1.54) is 30.5 Å². The zero-order chi connectivity index (χ0) is 22.7. The third-order valence-corrected chi connectivity index (χ3v) is 5.16. The maximum atomic E-state index is 14.1. The number of nitro groups is 1. The number of hydrogen-bond donors (Lipinski definition) is 0. The number of ketones is 1. The Labute approximate surface area is 183 Å². The number of anilines is 2. The number of nitrogens with zero attached hydrogens (tertiary/aromatic N) is 3. The molecule has 0 aliphatic heterocycles. The van der Waals surface area contributed by atoms with E-state index in [0.29, 0.717) is 11.8 Å². The summed E-state index contributed by atoms with van der Waals surface area (Å²) in [5.74, 6) is -2.78. The molecule has 0 aliphatic carbocycles. The molecule has 1 heterocycles. The number of allylic oxidation sites excluding steroid dienone is 1. The number of nitro benzene ring substituents is 1. The van der Waals surface area contributed by atoms with Gasteiger partial charge in [0, 0.05) is 30.0 Å². The van der Waals surface area contributed by atoms with E-state index in [0.717, 1.165) is 40.5 Å². The van der Waals surface area contributed by atoms with Gasteiger partial charge >= 0.3 is 0 Å². The van der Waals surface area contributed by atoms with Gasteiger partial charge < -0.3 is 0 Å². The number of rotatable bonds is 6. The summed E-state index contributed by atoms with van der Waals surface area (Å²) in [5.41, 5.74) is -0.203. The molecule has 158 valence electrons. The SMILES string of the molecule is CC(=O)N(c1nc(/C=C/C(=O)c2ccc(Cl)c([N+](=O)[O-])c2)cs1)c1ccc(F)cc1F. The molecule has 0 saturated heterocycles. The van der Waals surface area contributed by atoms with Crippen LogP contribution in [0.5, 0.6) is 0 Å². The van der Waals surface area contributed by atoms with Crippen molar-refractivity contribution in [2.24, 2.45) is 0 Å². The second-order valence-electron chi connectivity index (χ2n) is 6.13. The first kappa shape index (κ1) is 22.2. The monoisotopic (exact) mass is 463 g/mol. The molecule has 31 heavy (non-hydrogen) atoms. The molecule has 2 aromatic carbocycles. The predicted octanol–water partition coefficient (Wildman–Crippen LogP) is 5.56. The van der Waals surface area contributed by atoms with Crippen LogP contribution in [-0.2, 0) is 4.79 Å². The number of halogens is 3. The van der Waals surface area contributed by atoms with Crippen LogP contribution in [0.2, 0.25) is 5.02 Å². The van der Waals surface area contributed by atoms with Gasteiger partial charge in [-0.1, -0.05) is 11.6 Å². The fourth-order valence-corrected chi connectivity index (χ4v) is 3.62. The average molecular weight is 464 g/mol. The quantitative estimate of drug-likeness (QED) is 0.206. The second-order valence-corrected chi connectivity index (χ2v) is 7.37. The van der Waals surface area contributed by atoms with E-state index >= 15 is 0 Å². The average Bonchev–Trinajstić information content (AvgIpc) is 3.16. The van der Waals surface area contributed by atoms with Gasteiger partial charge in [0.25, 0.3) is 5.69 Å². The molecule has 0 atom stereocenters.